The molecular formula is C30H31FN3NaO4. The summed E-state index contributed by atoms with van der Waals surface area (Å²) in [5.74, 6) is -1.74. The van der Waals surface area contributed by atoms with Crippen molar-refractivity contribution in [1.82, 2.24) is 14.8 Å². The fourth-order valence-corrected chi connectivity index (χ4v) is 4.64. The van der Waals surface area contributed by atoms with E-state index in [0.29, 0.717) is 12.2 Å². The maximum atomic E-state index is 13.9. The van der Waals surface area contributed by atoms with Crippen LogP contribution in [-0.4, -0.2) is 43.2 Å². The van der Waals surface area contributed by atoms with E-state index < -0.39 is 24.6 Å². The molecule has 2 heterocycles. The molecule has 0 fully saturated rings. The molecule has 9 heteroatoms. The molecule has 0 aliphatic carbocycles. The fraction of sp³-hybridized carbons (Fsp3) is 0.300. The van der Waals surface area contributed by atoms with E-state index in [0.717, 1.165) is 39.0 Å². The van der Waals surface area contributed by atoms with Crippen molar-refractivity contribution in [2.45, 2.75) is 58.3 Å². The number of aryl methyl sites for hydroxylation is 1. The van der Waals surface area contributed by atoms with Gasteiger partial charge in [0, 0.05) is 29.9 Å². The maximum absolute atomic E-state index is 13.9. The van der Waals surface area contributed by atoms with E-state index in [1.807, 2.05) is 55.8 Å². The zero-order valence-electron chi connectivity index (χ0n) is 22.6. The molecule has 0 amide bonds. The molecule has 0 saturated carbocycles. The number of carboxylic acid groups (broad SMARTS) is 1. The van der Waals surface area contributed by atoms with Crippen molar-refractivity contribution in [3.63, 3.8) is 0 Å². The van der Waals surface area contributed by atoms with E-state index in [4.69, 9.17) is 10.1 Å². The summed E-state index contributed by atoms with van der Waals surface area (Å²) < 4.78 is 15.7. The van der Waals surface area contributed by atoms with Crippen LogP contribution in [0.5, 0.6) is 0 Å². The predicted molar refractivity (Wildman–Crippen MR) is 143 cm³/mol. The molecule has 2 aromatic carbocycles. The zero-order valence-corrected chi connectivity index (χ0v) is 24.6. The Morgan fingerprint density at radius 1 is 1.10 bits per heavy atom. The molecule has 0 radical (unpaired) electrons. The molecule has 7 nitrogen and oxygen atoms in total. The van der Waals surface area contributed by atoms with Crippen LogP contribution >= 0.6 is 0 Å². The molecule has 2 N–H and O–H groups in total. The molecule has 0 aliphatic rings. The molecule has 4 aromatic rings. The number of aliphatic hydroxyl groups excluding tert-OH is 2. The molecular weight excluding hydrogens is 508 g/mol. The summed E-state index contributed by atoms with van der Waals surface area (Å²) in [5.41, 5.74) is 5.65. The molecule has 198 valence electrons. The van der Waals surface area contributed by atoms with E-state index in [1.165, 1.54) is 18.2 Å². The second-order valence-corrected chi connectivity index (χ2v) is 9.77. The Kier molecular flexibility index (Phi) is 10.6. The van der Waals surface area contributed by atoms with Gasteiger partial charge in [-0.3, -0.25) is 0 Å². The Bertz CT molecular complexity index is 1450. The van der Waals surface area contributed by atoms with E-state index in [9.17, 15) is 24.5 Å². The van der Waals surface area contributed by atoms with Gasteiger partial charge in [-0.05, 0) is 36.1 Å². The molecule has 4 rings (SSSR count). The van der Waals surface area contributed by atoms with Gasteiger partial charge in [-0.25, -0.2) is 14.1 Å². The van der Waals surface area contributed by atoms with Gasteiger partial charge in [-0.2, -0.15) is 5.10 Å². The number of rotatable bonds is 10. The van der Waals surface area contributed by atoms with E-state index in [2.05, 4.69) is 0 Å². The number of carbonyl (C=O) groups is 1. The smallest absolute Gasteiger partial charge is 0.550 e. The van der Waals surface area contributed by atoms with Gasteiger partial charge >= 0.3 is 29.6 Å². The SMILES string of the molecule is Cc1nn(Cc2ccccc2)c2nc(C(C)C)c(/C=C/[C@@H](O)C[C@@H](O)CC(=O)[O-])c(-c3ccc(F)cc3)c12.[Na+]. The summed E-state index contributed by atoms with van der Waals surface area (Å²) in [6.07, 6.45) is 0.213. The Balaban J connectivity index is 0.00000420. The van der Waals surface area contributed by atoms with Crippen LogP contribution in [0, 0.1) is 12.7 Å². The minimum atomic E-state index is -1.38. The number of hydrogen-bond donors (Lipinski definition) is 2. The number of pyridine rings is 1. The Morgan fingerprint density at radius 3 is 2.38 bits per heavy atom. The Morgan fingerprint density at radius 2 is 1.77 bits per heavy atom. The monoisotopic (exact) mass is 539 g/mol. The van der Waals surface area contributed by atoms with Crippen molar-refractivity contribution in [1.29, 1.82) is 0 Å². The quantitative estimate of drug-likeness (QED) is 0.291. The second kappa shape index (κ2) is 13.5. The first kappa shape index (κ1) is 30.7. The van der Waals surface area contributed by atoms with Crippen molar-refractivity contribution in [3.8, 4) is 11.1 Å². The van der Waals surface area contributed by atoms with Crippen molar-refractivity contribution in [3.05, 3.63) is 89.0 Å². The molecule has 0 bridgehead atoms. The van der Waals surface area contributed by atoms with Crippen LogP contribution in [0.3, 0.4) is 0 Å². The second-order valence-electron chi connectivity index (χ2n) is 9.77. The summed E-state index contributed by atoms with van der Waals surface area (Å²) in [6.45, 7) is 6.48. The minimum Gasteiger partial charge on any atom is -0.550 e. The average Bonchev–Trinajstić information content (AvgIpc) is 3.17. The number of aromatic nitrogens is 3. The van der Waals surface area contributed by atoms with Gasteiger partial charge in [0.2, 0.25) is 0 Å². The van der Waals surface area contributed by atoms with Crippen LogP contribution in [0.2, 0.25) is 0 Å². The Hall–Kier alpha value is -2.88. The normalized spacial score (nSPS) is 13.1. The third-order valence-electron chi connectivity index (χ3n) is 6.38. The largest absolute Gasteiger partial charge is 1.00 e. The van der Waals surface area contributed by atoms with Gasteiger partial charge in [0.05, 0.1) is 35.5 Å². The van der Waals surface area contributed by atoms with Crippen molar-refractivity contribution in [2.75, 3.05) is 0 Å². The van der Waals surface area contributed by atoms with Gasteiger partial charge < -0.3 is 20.1 Å². The van der Waals surface area contributed by atoms with Crippen molar-refractivity contribution >= 4 is 23.1 Å². The predicted octanol–water partition coefficient (Wildman–Crippen LogP) is 0.987. The number of halogens is 1. The molecule has 39 heavy (non-hydrogen) atoms. The van der Waals surface area contributed by atoms with E-state index in [-0.39, 0.29) is 47.7 Å². The van der Waals surface area contributed by atoms with Crippen LogP contribution in [0.1, 0.15) is 55.1 Å². The van der Waals surface area contributed by atoms with Gasteiger partial charge in [0.1, 0.15) is 5.82 Å². The molecule has 2 aromatic heterocycles. The number of aliphatic carboxylic acids is 1. The first-order valence-electron chi connectivity index (χ1n) is 12.6. The van der Waals surface area contributed by atoms with Crippen LogP contribution < -0.4 is 34.7 Å². The summed E-state index contributed by atoms with van der Waals surface area (Å²) in [4.78, 5) is 15.8. The average molecular weight is 540 g/mol. The van der Waals surface area contributed by atoms with Crippen molar-refractivity contribution in [2.24, 2.45) is 0 Å². The van der Waals surface area contributed by atoms with Gasteiger partial charge in [-0.15, -0.1) is 0 Å². The summed E-state index contributed by atoms with van der Waals surface area (Å²) >= 11 is 0. The number of carboxylic acids is 1. The summed E-state index contributed by atoms with van der Waals surface area (Å²) in [5, 5.41) is 36.8. The number of hydrogen-bond acceptors (Lipinski definition) is 6. The van der Waals surface area contributed by atoms with Crippen LogP contribution in [0.25, 0.3) is 28.2 Å². The molecule has 0 unspecified atom stereocenters. The van der Waals surface area contributed by atoms with Crippen LogP contribution in [-0.2, 0) is 11.3 Å². The topological polar surface area (TPSA) is 111 Å². The van der Waals surface area contributed by atoms with Gasteiger partial charge in [-0.1, -0.05) is 68.5 Å². The number of aliphatic hydroxyl groups is 2. The zero-order chi connectivity index (χ0) is 27.4. The number of carbonyl (C=O) groups excluding carboxylic acids is 1. The van der Waals surface area contributed by atoms with Crippen LogP contribution in [0.15, 0.2) is 60.7 Å². The summed E-state index contributed by atoms with van der Waals surface area (Å²) in [6, 6.07) is 16.2. The Labute approximate surface area is 249 Å². The third kappa shape index (κ3) is 7.41. The molecule has 0 aliphatic heterocycles. The maximum Gasteiger partial charge on any atom is 1.00 e. The fourth-order valence-electron chi connectivity index (χ4n) is 4.64. The van der Waals surface area contributed by atoms with E-state index in [1.54, 1.807) is 18.2 Å². The first-order chi connectivity index (χ1) is 18.1. The molecule has 2 atom stereocenters. The third-order valence-corrected chi connectivity index (χ3v) is 6.38. The number of nitrogens with zero attached hydrogens (tertiary/aromatic N) is 3. The van der Waals surface area contributed by atoms with Gasteiger partial charge in [0.25, 0.3) is 0 Å². The number of fused-ring (bicyclic) bond motifs is 1. The number of benzene rings is 2. The standard InChI is InChI=1S/C30H32FN3O4.Na/c1-18(2)29-25(14-13-23(35)15-24(36)16-26(37)38)28(21-9-11-22(31)12-10-21)27-19(3)33-34(30(27)32-29)17-20-7-5-4-6-8-20;/h4-14,18,23-24,35-36H,15-17H2,1-3H3,(H,37,38);/q;+1/p-1/b14-13+;/t23-,24-;/m1./s1. The van der Waals surface area contributed by atoms with Gasteiger partial charge in [0.15, 0.2) is 5.65 Å². The minimum absolute atomic E-state index is 0. The molecule has 0 saturated heterocycles. The molecule has 0 spiro atoms. The first-order valence-corrected chi connectivity index (χ1v) is 12.6. The summed E-state index contributed by atoms with van der Waals surface area (Å²) in [7, 11) is 0. The van der Waals surface area contributed by atoms with Crippen molar-refractivity contribution < 1.29 is 54.1 Å². The van der Waals surface area contributed by atoms with Crippen LogP contribution in [0.4, 0.5) is 4.39 Å². The van der Waals surface area contributed by atoms with E-state index >= 15 is 0 Å².